The molecule has 26 heavy (non-hydrogen) atoms. The van der Waals surface area contributed by atoms with E-state index < -0.39 is 0 Å². The summed E-state index contributed by atoms with van der Waals surface area (Å²) in [7, 11) is 0. The Morgan fingerprint density at radius 2 is 1.85 bits per heavy atom. The molecule has 4 aliphatic carbocycles. The second-order valence-electron chi connectivity index (χ2n) is 8.86. The van der Waals surface area contributed by atoms with Crippen molar-refractivity contribution in [1.82, 2.24) is 10.6 Å². The summed E-state index contributed by atoms with van der Waals surface area (Å²) in [4.78, 5) is 26.1. The molecule has 142 valence electrons. The highest BCUT2D eigenvalue weighted by atomic mass is 32.1. The van der Waals surface area contributed by atoms with Gasteiger partial charge in [0.2, 0.25) is 11.8 Å². The van der Waals surface area contributed by atoms with Crippen LogP contribution in [0.25, 0.3) is 0 Å². The summed E-state index contributed by atoms with van der Waals surface area (Å²) in [5.74, 6) is 2.70. The van der Waals surface area contributed by atoms with Crippen LogP contribution in [-0.2, 0) is 9.59 Å². The van der Waals surface area contributed by atoms with Crippen LogP contribution >= 0.6 is 11.3 Å². The van der Waals surface area contributed by atoms with Gasteiger partial charge in [-0.05, 0) is 81.1 Å². The van der Waals surface area contributed by atoms with Crippen molar-refractivity contribution in [2.24, 2.45) is 23.2 Å². The zero-order valence-electron chi connectivity index (χ0n) is 15.6. The summed E-state index contributed by atoms with van der Waals surface area (Å²) in [5, 5.41) is 8.22. The average molecular weight is 375 g/mol. The van der Waals surface area contributed by atoms with E-state index in [1.807, 2.05) is 24.4 Å². The average Bonchev–Trinajstić information content (AvgIpc) is 3.12. The highest BCUT2D eigenvalue weighted by molar-refractivity contribution is 7.10. The van der Waals surface area contributed by atoms with Crippen LogP contribution in [0.15, 0.2) is 17.5 Å². The summed E-state index contributed by atoms with van der Waals surface area (Å²) in [5.41, 5.74) is -0.0787. The molecule has 1 aromatic heterocycles. The van der Waals surface area contributed by atoms with Crippen LogP contribution in [0.1, 0.15) is 69.2 Å². The van der Waals surface area contributed by atoms with E-state index in [0.29, 0.717) is 19.4 Å². The zero-order valence-corrected chi connectivity index (χ0v) is 16.4. The maximum atomic E-state index is 12.9. The van der Waals surface area contributed by atoms with Gasteiger partial charge in [0.1, 0.15) is 0 Å². The molecule has 0 aliphatic heterocycles. The number of carbonyl (C=O) groups is 2. The molecule has 0 spiro atoms. The van der Waals surface area contributed by atoms with Gasteiger partial charge in [0.15, 0.2) is 0 Å². The van der Waals surface area contributed by atoms with Crippen molar-refractivity contribution in [2.45, 2.75) is 64.3 Å². The SMILES string of the molecule is CC(NC(=O)CCCNC(=O)C12CC3CC(CC(C3)C1)C2)c1cccs1. The lowest BCUT2D eigenvalue weighted by atomic mass is 9.49. The molecule has 4 saturated carbocycles. The first-order valence-electron chi connectivity index (χ1n) is 10.2. The summed E-state index contributed by atoms with van der Waals surface area (Å²) in [6, 6.07) is 4.10. The van der Waals surface area contributed by atoms with Crippen molar-refractivity contribution >= 4 is 23.2 Å². The van der Waals surface area contributed by atoms with Gasteiger partial charge in [0.05, 0.1) is 6.04 Å². The van der Waals surface area contributed by atoms with E-state index in [1.54, 1.807) is 11.3 Å². The number of hydrogen-bond acceptors (Lipinski definition) is 3. The van der Waals surface area contributed by atoms with E-state index in [2.05, 4.69) is 10.6 Å². The van der Waals surface area contributed by atoms with Crippen LogP contribution in [0.2, 0.25) is 0 Å². The molecule has 0 radical (unpaired) electrons. The second kappa shape index (κ2) is 7.34. The minimum absolute atomic E-state index is 0.0594. The van der Waals surface area contributed by atoms with E-state index in [-0.39, 0.29) is 23.3 Å². The lowest BCUT2D eigenvalue weighted by Crippen LogP contribution is -2.53. The first-order valence-corrected chi connectivity index (χ1v) is 11.0. The third kappa shape index (κ3) is 3.68. The number of carbonyl (C=O) groups excluding carboxylic acids is 2. The van der Waals surface area contributed by atoms with Gasteiger partial charge < -0.3 is 10.6 Å². The quantitative estimate of drug-likeness (QED) is 0.708. The van der Waals surface area contributed by atoms with Crippen molar-refractivity contribution in [3.63, 3.8) is 0 Å². The number of hydrogen-bond donors (Lipinski definition) is 2. The molecule has 1 aromatic rings. The maximum absolute atomic E-state index is 12.9. The monoisotopic (exact) mass is 374 g/mol. The molecule has 0 saturated heterocycles. The van der Waals surface area contributed by atoms with E-state index in [0.717, 1.165) is 37.0 Å². The fourth-order valence-electron chi connectivity index (χ4n) is 5.95. The summed E-state index contributed by atoms with van der Waals surface area (Å²) in [6.45, 7) is 2.62. The number of thiophene rings is 1. The predicted octanol–water partition coefficient (Wildman–Crippen LogP) is 4.04. The Morgan fingerprint density at radius 3 is 2.42 bits per heavy atom. The van der Waals surface area contributed by atoms with Crippen molar-refractivity contribution < 1.29 is 9.59 Å². The van der Waals surface area contributed by atoms with Crippen molar-refractivity contribution in [1.29, 1.82) is 0 Å². The summed E-state index contributed by atoms with van der Waals surface area (Å²) < 4.78 is 0. The van der Waals surface area contributed by atoms with Crippen LogP contribution < -0.4 is 10.6 Å². The topological polar surface area (TPSA) is 58.2 Å². The zero-order chi connectivity index (χ0) is 18.1. The molecule has 4 bridgehead atoms. The third-order valence-corrected chi connectivity index (χ3v) is 7.79. The Kier molecular flexibility index (Phi) is 5.09. The molecule has 4 fully saturated rings. The van der Waals surface area contributed by atoms with Crippen molar-refractivity contribution in [3.05, 3.63) is 22.4 Å². The largest absolute Gasteiger partial charge is 0.356 e. The first kappa shape index (κ1) is 18.0. The maximum Gasteiger partial charge on any atom is 0.226 e. The summed E-state index contributed by atoms with van der Waals surface area (Å²) >= 11 is 1.66. The van der Waals surface area contributed by atoms with E-state index >= 15 is 0 Å². The van der Waals surface area contributed by atoms with Gasteiger partial charge in [0.25, 0.3) is 0 Å². The van der Waals surface area contributed by atoms with Crippen LogP contribution in [0.4, 0.5) is 0 Å². The van der Waals surface area contributed by atoms with Gasteiger partial charge in [-0.25, -0.2) is 0 Å². The normalized spacial score (nSPS) is 33.0. The molecule has 0 aromatic carbocycles. The second-order valence-corrected chi connectivity index (χ2v) is 9.84. The van der Waals surface area contributed by atoms with Gasteiger partial charge in [-0.2, -0.15) is 0 Å². The molecule has 4 nitrogen and oxygen atoms in total. The Hall–Kier alpha value is -1.36. The van der Waals surface area contributed by atoms with Gasteiger partial charge in [-0.1, -0.05) is 6.07 Å². The lowest BCUT2D eigenvalue weighted by molar-refractivity contribution is -0.146. The lowest BCUT2D eigenvalue weighted by Gasteiger charge is -2.55. The minimum atomic E-state index is -0.0787. The smallest absolute Gasteiger partial charge is 0.226 e. The molecule has 2 N–H and O–H groups in total. The molecule has 5 heteroatoms. The third-order valence-electron chi connectivity index (χ3n) is 6.73. The van der Waals surface area contributed by atoms with Gasteiger partial charge in [-0.3, -0.25) is 9.59 Å². The fourth-order valence-corrected chi connectivity index (χ4v) is 6.68. The highest BCUT2D eigenvalue weighted by Gasteiger charge is 2.54. The van der Waals surface area contributed by atoms with E-state index in [4.69, 9.17) is 0 Å². The highest BCUT2D eigenvalue weighted by Crippen LogP contribution is 2.60. The minimum Gasteiger partial charge on any atom is -0.356 e. The Morgan fingerprint density at radius 1 is 1.19 bits per heavy atom. The van der Waals surface area contributed by atoms with Gasteiger partial charge in [0, 0.05) is 23.3 Å². The molecule has 1 atom stereocenters. The van der Waals surface area contributed by atoms with E-state index in [9.17, 15) is 9.59 Å². The predicted molar refractivity (Wildman–Crippen MR) is 104 cm³/mol. The van der Waals surface area contributed by atoms with Gasteiger partial charge >= 0.3 is 0 Å². The summed E-state index contributed by atoms with van der Waals surface area (Å²) in [6.07, 6.45) is 8.55. The van der Waals surface area contributed by atoms with Crippen molar-refractivity contribution in [2.75, 3.05) is 6.54 Å². The van der Waals surface area contributed by atoms with Gasteiger partial charge in [-0.15, -0.1) is 11.3 Å². The molecule has 5 rings (SSSR count). The van der Waals surface area contributed by atoms with Crippen molar-refractivity contribution in [3.8, 4) is 0 Å². The molecule has 2 amide bonds. The van der Waals surface area contributed by atoms with Crippen LogP contribution in [0.5, 0.6) is 0 Å². The molecular formula is C21H30N2O2S. The van der Waals surface area contributed by atoms with Crippen LogP contribution in [0.3, 0.4) is 0 Å². The molecule has 4 aliphatic rings. The molecule has 1 heterocycles. The standard InChI is InChI=1S/C21H30N2O2S/c1-14(18-4-3-7-26-18)23-19(24)5-2-6-22-20(25)21-11-15-8-16(12-21)10-17(9-15)13-21/h3-4,7,14-17H,2,5-6,8-13H2,1H3,(H,22,25)(H,23,24). The Bertz CT molecular complexity index is 620. The molecular weight excluding hydrogens is 344 g/mol. The van der Waals surface area contributed by atoms with E-state index in [1.165, 1.54) is 24.1 Å². The van der Waals surface area contributed by atoms with Crippen LogP contribution in [-0.4, -0.2) is 18.4 Å². The molecule has 1 unspecified atom stereocenters. The fraction of sp³-hybridized carbons (Fsp3) is 0.714. The van der Waals surface area contributed by atoms with Crippen LogP contribution in [0, 0.1) is 23.2 Å². The number of nitrogens with one attached hydrogen (secondary N) is 2. The Balaban J connectivity index is 1.19. The number of rotatable bonds is 7. The Labute approximate surface area is 160 Å². The first-order chi connectivity index (χ1) is 12.5. The number of amides is 2.